The Morgan fingerprint density at radius 1 is 1.17 bits per heavy atom. The highest BCUT2D eigenvalue weighted by Gasteiger charge is 2.16. The highest BCUT2D eigenvalue weighted by Crippen LogP contribution is 2.40. The number of rotatable bonds is 6. The van der Waals surface area contributed by atoms with Crippen LogP contribution in [0.2, 0.25) is 0 Å². The zero-order chi connectivity index (χ0) is 21.3. The van der Waals surface area contributed by atoms with Crippen molar-refractivity contribution >= 4 is 38.4 Å². The Balaban J connectivity index is 1.73. The summed E-state index contributed by atoms with van der Waals surface area (Å²) in [4.78, 5) is 27.6. The first kappa shape index (κ1) is 20.0. The lowest BCUT2D eigenvalue weighted by molar-refractivity contribution is 0.155. The number of ether oxygens (including phenoxy) is 1. The lowest BCUT2D eigenvalue weighted by Crippen LogP contribution is -2.25. The number of hydrogen-bond donors (Lipinski definition) is 2. The maximum absolute atomic E-state index is 12.4. The van der Waals surface area contributed by atoms with Gasteiger partial charge in [-0.25, -0.2) is 4.79 Å². The predicted octanol–water partition coefficient (Wildman–Crippen LogP) is 4.96. The number of aromatic amines is 1. The second-order valence-electron chi connectivity index (χ2n) is 7.19. The van der Waals surface area contributed by atoms with Gasteiger partial charge < -0.3 is 19.7 Å². The van der Waals surface area contributed by atoms with E-state index < -0.39 is 6.09 Å². The van der Waals surface area contributed by atoms with Crippen LogP contribution in [0.3, 0.4) is 0 Å². The average Bonchev–Trinajstić information content (AvgIpc) is 3.24. The number of hydrogen-bond acceptors (Lipinski definition) is 4. The zero-order valence-corrected chi connectivity index (χ0v) is 17.6. The molecule has 2 aromatic heterocycles. The first-order chi connectivity index (χ1) is 14.5. The topological polar surface area (TPSA) is 82.6 Å². The van der Waals surface area contributed by atoms with E-state index in [4.69, 9.17) is 9.84 Å². The fourth-order valence-electron chi connectivity index (χ4n) is 3.74. The van der Waals surface area contributed by atoms with Crippen molar-refractivity contribution in [2.24, 2.45) is 0 Å². The minimum atomic E-state index is -0.911. The molecule has 6 nitrogen and oxygen atoms in total. The molecule has 0 spiro atoms. The van der Waals surface area contributed by atoms with Gasteiger partial charge in [0.2, 0.25) is 0 Å². The van der Waals surface area contributed by atoms with Crippen molar-refractivity contribution in [1.82, 2.24) is 9.88 Å². The van der Waals surface area contributed by atoms with Gasteiger partial charge in [0.15, 0.2) is 0 Å². The Morgan fingerprint density at radius 3 is 2.63 bits per heavy atom. The molecule has 4 aromatic rings. The standard InChI is InChI=1S/C23H22N2O4S/c1-25(23(27)28)12-3-4-14-5-7-15(8-6-14)19-18(29-2)10-9-17-20(19)16-11-13-30-21(16)22(26)24-17/h5-11,13H,3-4,12H2,1-2H3,(H,24,26)(H,27,28). The van der Waals surface area contributed by atoms with Gasteiger partial charge in [0.1, 0.15) is 10.4 Å². The van der Waals surface area contributed by atoms with Crippen LogP contribution in [0.5, 0.6) is 5.75 Å². The third-order valence-corrected chi connectivity index (χ3v) is 6.22. The molecule has 30 heavy (non-hydrogen) atoms. The predicted molar refractivity (Wildman–Crippen MR) is 121 cm³/mol. The molecule has 2 heterocycles. The molecule has 0 atom stereocenters. The van der Waals surface area contributed by atoms with E-state index in [1.807, 2.05) is 23.6 Å². The molecule has 4 rings (SSSR count). The SMILES string of the molecule is COc1ccc2[nH]c(=O)c3sccc3c2c1-c1ccc(CCCN(C)C(=O)O)cc1. The molecule has 2 N–H and O–H groups in total. The molecule has 0 aliphatic heterocycles. The number of carbonyl (C=O) groups is 1. The van der Waals surface area contributed by atoms with Crippen LogP contribution < -0.4 is 10.3 Å². The Kier molecular flexibility index (Phi) is 5.46. The van der Waals surface area contributed by atoms with E-state index in [0.29, 0.717) is 11.2 Å². The van der Waals surface area contributed by atoms with E-state index in [-0.39, 0.29) is 5.56 Å². The third kappa shape index (κ3) is 3.64. The van der Waals surface area contributed by atoms with E-state index in [9.17, 15) is 9.59 Å². The summed E-state index contributed by atoms with van der Waals surface area (Å²) >= 11 is 1.43. The number of thiophene rings is 1. The van der Waals surface area contributed by atoms with Crippen molar-refractivity contribution in [3.05, 3.63) is 63.8 Å². The largest absolute Gasteiger partial charge is 0.496 e. The van der Waals surface area contributed by atoms with Gasteiger partial charge in [-0.3, -0.25) is 4.79 Å². The van der Waals surface area contributed by atoms with Crippen molar-refractivity contribution in [2.45, 2.75) is 12.8 Å². The van der Waals surface area contributed by atoms with Crippen molar-refractivity contribution in [1.29, 1.82) is 0 Å². The Hall–Kier alpha value is -3.32. The van der Waals surface area contributed by atoms with Gasteiger partial charge in [-0.1, -0.05) is 24.3 Å². The molecule has 1 amide bonds. The highest BCUT2D eigenvalue weighted by atomic mass is 32.1. The summed E-state index contributed by atoms with van der Waals surface area (Å²) in [5.74, 6) is 0.748. The lowest BCUT2D eigenvalue weighted by Gasteiger charge is -2.14. The Labute approximate surface area is 177 Å². The van der Waals surface area contributed by atoms with Crippen LogP contribution in [0.1, 0.15) is 12.0 Å². The number of benzene rings is 2. The number of fused-ring (bicyclic) bond motifs is 3. The monoisotopic (exact) mass is 422 g/mol. The molecule has 0 bridgehead atoms. The van der Waals surface area contributed by atoms with Crippen LogP contribution in [0, 0.1) is 0 Å². The lowest BCUT2D eigenvalue weighted by atomic mass is 9.96. The van der Waals surface area contributed by atoms with E-state index in [0.717, 1.165) is 51.6 Å². The molecular weight excluding hydrogens is 400 g/mol. The third-order valence-electron chi connectivity index (χ3n) is 5.30. The van der Waals surface area contributed by atoms with Crippen molar-refractivity contribution < 1.29 is 14.6 Å². The molecule has 0 saturated carbocycles. The number of aromatic nitrogens is 1. The summed E-state index contributed by atoms with van der Waals surface area (Å²) in [6.45, 7) is 0.498. The highest BCUT2D eigenvalue weighted by molar-refractivity contribution is 7.17. The van der Waals surface area contributed by atoms with Gasteiger partial charge in [0.25, 0.3) is 5.56 Å². The van der Waals surface area contributed by atoms with Gasteiger partial charge >= 0.3 is 6.09 Å². The summed E-state index contributed by atoms with van der Waals surface area (Å²) in [5.41, 5.74) is 3.80. The normalized spacial score (nSPS) is 11.1. The van der Waals surface area contributed by atoms with Crippen LogP contribution in [0.15, 0.2) is 52.6 Å². The van der Waals surface area contributed by atoms with Crippen LogP contribution in [0.4, 0.5) is 4.79 Å². The van der Waals surface area contributed by atoms with E-state index >= 15 is 0 Å². The van der Waals surface area contributed by atoms with Crippen molar-refractivity contribution in [3.8, 4) is 16.9 Å². The molecule has 0 aliphatic carbocycles. The van der Waals surface area contributed by atoms with Crippen LogP contribution in [-0.4, -0.2) is 41.8 Å². The second-order valence-corrected chi connectivity index (χ2v) is 8.10. The summed E-state index contributed by atoms with van der Waals surface area (Å²) in [7, 11) is 3.22. The van der Waals surface area contributed by atoms with Crippen LogP contribution in [0.25, 0.3) is 32.1 Å². The molecule has 154 valence electrons. The van der Waals surface area contributed by atoms with Gasteiger partial charge in [-0.15, -0.1) is 11.3 Å². The number of nitrogens with one attached hydrogen (secondary N) is 1. The first-order valence-electron chi connectivity index (χ1n) is 9.63. The average molecular weight is 423 g/mol. The number of aryl methyl sites for hydroxylation is 1. The number of nitrogens with zero attached hydrogens (tertiary/aromatic N) is 1. The van der Waals surface area contributed by atoms with Crippen molar-refractivity contribution in [3.63, 3.8) is 0 Å². The molecule has 0 radical (unpaired) electrons. The van der Waals surface area contributed by atoms with Gasteiger partial charge in [0.05, 0.1) is 7.11 Å². The van der Waals surface area contributed by atoms with Crippen LogP contribution >= 0.6 is 11.3 Å². The fraction of sp³-hybridized carbons (Fsp3) is 0.217. The van der Waals surface area contributed by atoms with E-state index in [2.05, 4.69) is 29.2 Å². The maximum Gasteiger partial charge on any atom is 0.407 e. The van der Waals surface area contributed by atoms with E-state index in [1.165, 1.54) is 16.2 Å². The molecule has 0 aliphatic rings. The summed E-state index contributed by atoms with van der Waals surface area (Å²) in [6, 6.07) is 14.0. The maximum atomic E-state index is 12.4. The Bertz CT molecular complexity index is 1270. The number of amides is 1. The number of pyridine rings is 1. The molecule has 0 fully saturated rings. The minimum Gasteiger partial charge on any atom is -0.496 e. The molecule has 0 saturated heterocycles. The molecule has 7 heteroatoms. The first-order valence-corrected chi connectivity index (χ1v) is 10.5. The number of carboxylic acid groups (broad SMARTS) is 1. The van der Waals surface area contributed by atoms with Crippen molar-refractivity contribution in [2.75, 3.05) is 20.7 Å². The zero-order valence-electron chi connectivity index (χ0n) is 16.8. The molecular formula is C23H22N2O4S. The van der Waals surface area contributed by atoms with E-state index in [1.54, 1.807) is 14.2 Å². The summed E-state index contributed by atoms with van der Waals surface area (Å²) in [5, 5.41) is 12.8. The van der Waals surface area contributed by atoms with Crippen LogP contribution in [-0.2, 0) is 6.42 Å². The molecule has 0 unspecified atom stereocenters. The smallest absolute Gasteiger partial charge is 0.407 e. The summed E-state index contributed by atoms with van der Waals surface area (Å²) in [6.07, 6.45) is 0.648. The Morgan fingerprint density at radius 2 is 1.93 bits per heavy atom. The molecule has 2 aromatic carbocycles. The second kappa shape index (κ2) is 8.20. The van der Waals surface area contributed by atoms with Gasteiger partial charge in [-0.2, -0.15) is 0 Å². The quantitative estimate of drug-likeness (QED) is 0.460. The van der Waals surface area contributed by atoms with Gasteiger partial charge in [0, 0.05) is 35.4 Å². The minimum absolute atomic E-state index is 0.0784. The number of methoxy groups -OCH3 is 1. The fourth-order valence-corrected chi connectivity index (χ4v) is 4.53. The number of H-pyrrole nitrogens is 1. The summed E-state index contributed by atoms with van der Waals surface area (Å²) < 4.78 is 6.36. The van der Waals surface area contributed by atoms with Gasteiger partial charge in [-0.05, 0) is 47.5 Å².